The van der Waals surface area contributed by atoms with E-state index in [-0.39, 0.29) is 0 Å². The molecular formula is C29H38O3Si2. The van der Waals surface area contributed by atoms with E-state index >= 15 is 0 Å². The fourth-order valence-electron chi connectivity index (χ4n) is 4.85. The molecule has 0 atom stereocenters. The molecule has 0 aromatic heterocycles. The summed E-state index contributed by atoms with van der Waals surface area (Å²) in [5.74, 6) is 0. The summed E-state index contributed by atoms with van der Waals surface area (Å²) in [6, 6.07) is 32.9. The summed E-state index contributed by atoms with van der Waals surface area (Å²) < 4.78 is 18.5. The van der Waals surface area contributed by atoms with Crippen LogP contribution in [0.4, 0.5) is 0 Å². The second-order valence-corrected chi connectivity index (χ2v) is 15.1. The van der Waals surface area contributed by atoms with E-state index in [0.29, 0.717) is 19.8 Å². The maximum atomic E-state index is 6.17. The van der Waals surface area contributed by atoms with Crippen molar-refractivity contribution in [3.05, 3.63) is 97.1 Å². The highest BCUT2D eigenvalue weighted by molar-refractivity contribution is 7.11. The van der Waals surface area contributed by atoms with Crippen molar-refractivity contribution in [3.63, 3.8) is 0 Å². The molecule has 3 aromatic carbocycles. The maximum Gasteiger partial charge on any atom is 0.500 e. The summed E-state index contributed by atoms with van der Waals surface area (Å²) >= 11 is 0. The zero-order valence-corrected chi connectivity index (χ0v) is 22.8. The van der Waals surface area contributed by atoms with Gasteiger partial charge in [-0.1, -0.05) is 104 Å². The third-order valence-corrected chi connectivity index (χ3v) is 14.5. The molecule has 0 bridgehead atoms. The molecule has 180 valence electrons. The van der Waals surface area contributed by atoms with Crippen LogP contribution >= 0.6 is 0 Å². The molecule has 0 heterocycles. The van der Waals surface area contributed by atoms with Gasteiger partial charge in [0.1, 0.15) is 8.07 Å². The van der Waals surface area contributed by atoms with E-state index in [1.807, 2.05) is 26.8 Å². The molecule has 0 saturated heterocycles. The molecular weight excluding hydrogens is 452 g/mol. The molecule has 3 rings (SSSR count). The van der Waals surface area contributed by atoms with Gasteiger partial charge in [0.15, 0.2) is 0 Å². The Morgan fingerprint density at radius 2 is 1.06 bits per heavy atom. The zero-order valence-electron chi connectivity index (χ0n) is 20.8. The predicted octanol–water partition coefficient (Wildman–Crippen LogP) is 5.24. The topological polar surface area (TPSA) is 27.7 Å². The Morgan fingerprint density at radius 3 is 1.47 bits per heavy atom. The summed E-state index contributed by atoms with van der Waals surface area (Å²) in [6.07, 6.45) is 2.88. The van der Waals surface area contributed by atoms with Crippen molar-refractivity contribution < 1.29 is 13.3 Å². The fraction of sp³-hybridized carbons (Fsp3) is 0.310. The molecule has 0 spiro atoms. The first-order valence-electron chi connectivity index (χ1n) is 12.4. The molecule has 0 fully saturated rings. The second kappa shape index (κ2) is 13.0. The van der Waals surface area contributed by atoms with Crippen molar-refractivity contribution in [1.29, 1.82) is 0 Å². The lowest BCUT2D eigenvalue weighted by Gasteiger charge is -2.35. The molecule has 0 saturated carbocycles. The van der Waals surface area contributed by atoms with Gasteiger partial charge >= 0.3 is 8.80 Å². The molecule has 0 aliphatic carbocycles. The minimum atomic E-state index is -2.70. The third-order valence-electron chi connectivity index (χ3n) is 6.30. The number of hydrogen-bond acceptors (Lipinski definition) is 3. The fourth-order valence-corrected chi connectivity index (χ4v) is 12.7. The average molecular weight is 491 g/mol. The Balaban J connectivity index is 2.07. The van der Waals surface area contributed by atoms with E-state index in [1.54, 1.807) is 0 Å². The van der Waals surface area contributed by atoms with E-state index in [0.717, 1.165) is 24.1 Å². The van der Waals surface area contributed by atoms with Gasteiger partial charge in [-0.05, 0) is 47.9 Å². The van der Waals surface area contributed by atoms with Crippen LogP contribution in [0.3, 0.4) is 0 Å². The Kier molecular flexibility index (Phi) is 10.0. The van der Waals surface area contributed by atoms with Crippen LogP contribution in [0, 0.1) is 0 Å². The lowest BCUT2D eigenvalue weighted by molar-refractivity contribution is 0.0711. The highest BCUT2D eigenvalue weighted by atomic mass is 28.4. The van der Waals surface area contributed by atoms with Crippen molar-refractivity contribution in [2.24, 2.45) is 0 Å². The molecule has 3 aromatic rings. The lowest BCUT2D eigenvalue weighted by Crippen LogP contribution is -2.67. The molecule has 0 amide bonds. The van der Waals surface area contributed by atoms with E-state index in [1.165, 1.54) is 15.6 Å². The van der Waals surface area contributed by atoms with Gasteiger partial charge in [-0.15, -0.1) is 0 Å². The van der Waals surface area contributed by atoms with Gasteiger partial charge in [-0.2, -0.15) is 0 Å². The largest absolute Gasteiger partial charge is 0.500 e. The molecule has 34 heavy (non-hydrogen) atoms. The Hall–Kier alpha value is -2.29. The molecule has 0 N–H and O–H groups in total. The van der Waals surface area contributed by atoms with E-state index in [2.05, 4.69) is 91.5 Å². The normalized spacial score (nSPS) is 12.0. The van der Waals surface area contributed by atoms with E-state index in [4.69, 9.17) is 13.3 Å². The molecule has 0 aliphatic heterocycles. The summed E-state index contributed by atoms with van der Waals surface area (Å²) in [5.41, 5.74) is 1.14. The first-order valence-corrected chi connectivity index (χ1v) is 16.5. The van der Waals surface area contributed by atoms with Gasteiger partial charge < -0.3 is 13.3 Å². The average Bonchev–Trinajstić information content (AvgIpc) is 2.88. The van der Waals surface area contributed by atoms with Crippen molar-refractivity contribution in [2.45, 2.75) is 39.3 Å². The Bertz CT molecular complexity index is 934. The first kappa shape index (κ1) is 26.3. The van der Waals surface area contributed by atoms with Gasteiger partial charge in [0.05, 0.1) is 0 Å². The van der Waals surface area contributed by atoms with Gasteiger partial charge in [-0.3, -0.25) is 0 Å². The summed E-state index contributed by atoms with van der Waals surface area (Å²) in [5, 5.41) is 4.25. The number of rotatable bonds is 14. The van der Waals surface area contributed by atoms with Crippen LogP contribution in [0.5, 0.6) is 0 Å². The second-order valence-electron chi connectivity index (χ2n) is 8.30. The zero-order chi connectivity index (χ0) is 24.3. The van der Waals surface area contributed by atoms with Crippen LogP contribution in [0.2, 0.25) is 12.1 Å². The van der Waals surface area contributed by atoms with Gasteiger partial charge in [0.25, 0.3) is 0 Å². The van der Waals surface area contributed by atoms with Crippen LogP contribution in [-0.4, -0.2) is 36.7 Å². The monoisotopic (exact) mass is 490 g/mol. The van der Waals surface area contributed by atoms with Crippen molar-refractivity contribution in [3.8, 4) is 0 Å². The molecule has 5 heteroatoms. The predicted molar refractivity (Wildman–Crippen MR) is 149 cm³/mol. The maximum absolute atomic E-state index is 6.17. The number of hydrogen-bond donors (Lipinski definition) is 0. The van der Waals surface area contributed by atoms with Crippen LogP contribution in [-0.2, 0) is 13.3 Å². The number of benzene rings is 3. The molecule has 3 nitrogen and oxygen atoms in total. The van der Waals surface area contributed by atoms with Gasteiger partial charge in [0, 0.05) is 25.9 Å². The third kappa shape index (κ3) is 6.03. The highest BCUT2D eigenvalue weighted by Crippen LogP contribution is 2.24. The Labute approximate surface area is 207 Å². The SMILES string of the molecule is C=Cc1ccc([Si](CCC[Si](OCC)(OCC)OCC)(c2ccccc2)c2ccccc2)cc1. The molecule has 0 aliphatic rings. The molecule has 0 unspecified atom stereocenters. The van der Waals surface area contributed by atoms with Crippen LogP contribution < -0.4 is 15.6 Å². The quantitative estimate of drug-likeness (QED) is 0.228. The van der Waals surface area contributed by atoms with Crippen LogP contribution in [0.25, 0.3) is 6.08 Å². The molecule has 0 radical (unpaired) electrons. The first-order chi connectivity index (χ1) is 16.6. The minimum Gasteiger partial charge on any atom is -0.374 e. The summed E-state index contributed by atoms with van der Waals surface area (Å²) in [6.45, 7) is 11.8. The lowest BCUT2D eigenvalue weighted by atomic mass is 10.2. The highest BCUT2D eigenvalue weighted by Gasteiger charge is 2.43. The van der Waals surface area contributed by atoms with Crippen LogP contribution in [0.15, 0.2) is 91.5 Å². The van der Waals surface area contributed by atoms with Gasteiger partial charge in [-0.25, -0.2) is 0 Å². The van der Waals surface area contributed by atoms with Crippen molar-refractivity contribution in [1.82, 2.24) is 0 Å². The summed E-state index contributed by atoms with van der Waals surface area (Å²) in [4.78, 5) is 0. The smallest absolute Gasteiger partial charge is 0.374 e. The Morgan fingerprint density at radius 1 is 0.618 bits per heavy atom. The van der Waals surface area contributed by atoms with E-state index in [9.17, 15) is 0 Å². The minimum absolute atomic E-state index is 0.606. The van der Waals surface area contributed by atoms with Crippen molar-refractivity contribution >= 4 is 38.5 Å². The van der Waals surface area contributed by atoms with Gasteiger partial charge in [0.2, 0.25) is 0 Å². The van der Waals surface area contributed by atoms with E-state index < -0.39 is 16.9 Å². The summed E-state index contributed by atoms with van der Waals surface area (Å²) in [7, 11) is -5.01. The van der Waals surface area contributed by atoms with Crippen molar-refractivity contribution in [2.75, 3.05) is 19.8 Å². The van der Waals surface area contributed by atoms with Crippen LogP contribution in [0.1, 0.15) is 32.8 Å². The standard InChI is InChI=1S/C29H38O3Si2/c1-5-26-20-22-29(23-21-26)33(27-16-11-9-12-17-27,28-18-13-10-14-19-28)24-15-25-34(30-6-2,31-7-3)32-8-4/h5,9-14,16-23H,1,6-8,15,24-25H2,2-4H3.